The molecular formula is C26H38N4O3. The largest absolute Gasteiger partial charge is 0.392 e. The molecular weight excluding hydrogens is 416 g/mol. The molecule has 2 fully saturated rings. The second-order valence-electron chi connectivity index (χ2n) is 9.32. The van der Waals surface area contributed by atoms with Crippen LogP contribution in [0.4, 0.5) is 5.88 Å². The summed E-state index contributed by atoms with van der Waals surface area (Å²) in [5, 5.41) is 15.2. The normalized spacial score (nSPS) is 20.5. The topological polar surface area (TPSA) is 65.2 Å². The molecule has 1 aromatic carbocycles. The van der Waals surface area contributed by atoms with Crippen LogP contribution in [0.1, 0.15) is 31.2 Å². The van der Waals surface area contributed by atoms with Crippen molar-refractivity contribution in [1.29, 1.82) is 0 Å². The number of aromatic nitrogens is 1. The molecule has 2 aromatic rings. The fourth-order valence-corrected chi connectivity index (χ4v) is 4.73. The first-order valence-electron chi connectivity index (χ1n) is 12.2. The summed E-state index contributed by atoms with van der Waals surface area (Å²) in [7, 11) is 2.15. The summed E-state index contributed by atoms with van der Waals surface area (Å²) in [6.45, 7) is 10.5. The van der Waals surface area contributed by atoms with E-state index in [1.807, 2.05) is 24.3 Å². The van der Waals surface area contributed by atoms with Crippen molar-refractivity contribution in [2.24, 2.45) is 0 Å². The second kappa shape index (κ2) is 11.8. The molecule has 180 valence electrons. The minimum atomic E-state index is -0.406. The van der Waals surface area contributed by atoms with Crippen LogP contribution in [0.15, 0.2) is 47.5 Å². The number of piperazine rings is 1. The van der Waals surface area contributed by atoms with Gasteiger partial charge >= 0.3 is 0 Å². The summed E-state index contributed by atoms with van der Waals surface area (Å²) in [6.07, 6.45) is 5.37. The first kappa shape index (κ1) is 24.0. The highest BCUT2D eigenvalue weighted by molar-refractivity contribution is 5.68. The molecule has 3 heterocycles. The van der Waals surface area contributed by atoms with E-state index in [9.17, 15) is 5.11 Å². The number of aliphatic hydroxyl groups excluding tert-OH is 1. The lowest BCUT2D eigenvalue weighted by atomic mass is 10.1. The highest BCUT2D eigenvalue weighted by Gasteiger charge is 2.28. The van der Waals surface area contributed by atoms with E-state index in [0.29, 0.717) is 19.5 Å². The molecule has 4 rings (SSSR count). The number of ether oxygens (including phenoxy) is 1. The minimum absolute atomic E-state index is 0.212. The van der Waals surface area contributed by atoms with Gasteiger partial charge in [-0.3, -0.25) is 4.90 Å². The third kappa shape index (κ3) is 6.44. The lowest BCUT2D eigenvalue weighted by molar-refractivity contribution is 0.0445. The number of allylic oxidation sites excluding steroid dienone is 1. The third-order valence-electron chi connectivity index (χ3n) is 6.65. The Kier molecular flexibility index (Phi) is 8.56. The molecule has 0 saturated carbocycles. The Labute approximate surface area is 197 Å². The second-order valence-corrected chi connectivity index (χ2v) is 9.32. The Balaban J connectivity index is 1.60. The zero-order valence-corrected chi connectivity index (χ0v) is 19.9. The smallest absolute Gasteiger partial charge is 0.232 e. The number of benzene rings is 1. The summed E-state index contributed by atoms with van der Waals surface area (Å²) in [4.78, 5) is 6.97. The first-order chi connectivity index (χ1) is 16.1. The highest BCUT2D eigenvalue weighted by atomic mass is 16.5. The zero-order chi connectivity index (χ0) is 23.0. The van der Waals surface area contributed by atoms with Crippen LogP contribution >= 0.6 is 0 Å². The number of hydrogen-bond acceptors (Lipinski definition) is 7. The van der Waals surface area contributed by atoms with Crippen LogP contribution in [0.2, 0.25) is 0 Å². The highest BCUT2D eigenvalue weighted by Crippen LogP contribution is 2.33. The molecule has 2 unspecified atom stereocenters. The predicted molar refractivity (Wildman–Crippen MR) is 131 cm³/mol. The number of nitrogens with zero attached hydrogens (tertiary/aromatic N) is 4. The van der Waals surface area contributed by atoms with E-state index in [0.717, 1.165) is 81.3 Å². The molecule has 33 heavy (non-hydrogen) atoms. The number of hydrogen-bond donors (Lipinski definition) is 1. The van der Waals surface area contributed by atoms with E-state index in [4.69, 9.17) is 9.26 Å². The minimum Gasteiger partial charge on any atom is -0.392 e. The average Bonchev–Trinajstić information content (AvgIpc) is 3.49. The van der Waals surface area contributed by atoms with Crippen molar-refractivity contribution < 1.29 is 14.4 Å². The molecule has 1 aromatic heterocycles. The van der Waals surface area contributed by atoms with Gasteiger partial charge in [0.15, 0.2) is 0 Å². The van der Waals surface area contributed by atoms with Gasteiger partial charge in [-0.25, -0.2) is 0 Å². The van der Waals surface area contributed by atoms with Crippen LogP contribution in [0.3, 0.4) is 0 Å². The van der Waals surface area contributed by atoms with Crippen LogP contribution in [0, 0.1) is 0 Å². The molecule has 0 spiro atoms. The monoisotopic (exact) mass is 454 g/mol. The maximum atomic E-state index is 10.7. The summed E-state index contributed by atoms with van der Waals surface area (Å²) in [5.74, 6) is 0.861. The summed E-state index contributed by atoms with van der Waals surface area (Å²) >= 11 is 0. The van der Waals surface area contributed by atoms with Gasteiger partial charge in [0, 0.05) is 58.0 Å². The Morgan fingerprint density at radius 2 is 2.03 bits per heavy atom. The maximum absolute atomic E-state index is 10.7. The Hall–Kier alpha value is -2.19. The number of rotatable bonds is 11. The van der Waals surface area contributed by atoms with Gasteiger partial charge < -0.3 is 24.2 Å². The fourth-order valence-electron chi connectivity index (χ4n) is 4.73. The lowest BCUT2D eigenvalue weighted by Gasteiger charge is -2.33. The van der Waals surface area contributed by atoms with Crippen molar-refractivity contribution in [3.05, 3.63) is 48.6 Å². The van der Waals surface area contributed by atoms with E-state index in [2.05, 4.69) is 45.6 Å². The van der Waals surface area contributed by atoms with Crippen molar-refractivity contribution in [3.8, 4) is 11.3 Å². The van der Waals surface area contributed by atoms with Gasteiger partial charge in [0.25, 0.3) is 0 Å². The van der Waals surface area contributed by atoms with Crippen molar-refractivity contribution in [2.45, 2.75) is 44.4 Å². The number of likely N-dealkylation sites (N-methyl/N-ethyl adjacent to an activating group) is 1. The molecule has 2 atom stereocenters. The van der Waals surface area contributed by atoms with Gasteiger partial charge in [-0.05, 0) is 32.7 Å². The van der Waals surface area contributed by atoms with Crippen LogP contribution < -0.4 is 4.90 Å². The van der Waals surface area contributed by atoms with Crippen LogP contribution in [-0.2, 0) is 11.3 Å². The fraction of sp³-hybridized carbons (Fsp3) is 0.577. The van der Waals surface area contributed by atoms with Gasteiger partial charge in [-0.2, -0.15) is 0 Å². The summed E-state index contributed by atoms with van der Waals surface area (Å²) in [5.41, 5.74) is 3.04. The summed E-state index contributed by atoms with van der Waals surface area (Å²) in [6, 6.07) is 10.3. The van der Waals surface area contributed by atoms with Gasteiger partial charge in [0.2, 0.25) is 5.88 Å². The molecule has 0 radical (unpaired) electrons. The van der Waals surface area contributed by atoms with E-state index in [-0.39, 0.29) is 6.10 Å². The third-order valence-corrected chi connectivity index (χ3v) is 6.65. The molecule has 0 amide bonds. The molecule has 2 aliphatic heterocycles. The Bertz CT molecular complexity index is 858. The van der Waals surface area contributed by atoms with Crippen LogP contribution in [0.25, 0.3) is 11.3 Å². The van der Waals surface area contributed by atoms with Crippen molar-refractivity contribution in [2.75, 3.05) is 57.8 Å². The summed E-state index contributed by atoms with van der Waals surface area (Å²) < 4.78 is 11.9. The van der Waals surface area contributed by atoms with E-state index in [1.165, 1.54) is 0 Å². The standard InChI is InChI=1S/C26H38N4O3/c1-3-4-11-22(31)18-29(19-23-12-8-17-32-23)20-24-25(21-9-6-5-7-10-21)27-33-26(24)30-15-13-28(2)14-16-30/h3,5-7,9-10,22-23,31H,1,4,8,11-20H2,2H3. The lowest BCUT2D eigenvalue weighted by Crippen LogP contribution is -2.45. The molecule has 2 saturated heterocycles. The average molecular weight is 455 g/mol. The first-order valence-corrected chi connectivity index (χ1v) is 12.2. The van der Waals surface area contributed by atoms with Gasteiger partial charge in [-0.15, -0.1) is 6.58 Å². The molecule has 0 aliphatic carbocycles. The maximum Gasteiger partial charge on any atom is 0.232 e. The number of aliphatic hydroxyl groups is 1. The van der Waals surface area contributed by atoms with Crippen LogP contribution in [-0.4, -0.2) is 85.2 Å². The predicted octanol–water partition coefficient (Wildman–Crippen LogP) is 3.40. The zero-order valence-electron chi connectivity index (χ0n) is 19.9. The SMILES string of the molecule is C=CCCC(O)CN(Cc1c(-c2ccccc2)noc1N1CCN(C)CC1)CC1CCCO1. The molecule has 7 nitrogen and oxygen atoms in total. The molecule has 1 N–H and O–H groups in total. The van der Waals surface area contributed by atoms with Gasteiger partial charge in [0.05, 0.1) is 17.8 Å². The van der Waals surface area contributed by atoms with Crippen molar-refractivity contribution >= 4 is 5.88 Å². The molecule has 7 heteroatoms. The van der Waals surface area contributed by atoms with Crippen LogP contribution in [0.5, 0.6) is 0 Å². The van der Waals surface area contributed by atoms with E-state index in [1.54, 1.807) is 0 Å². The Morgan fingerprint density at radius 3 is 2.73 bits per heavy atom. The Morgan fingerprint density at radius 1 is 1.24 bits per heavy atom. The van der Waals surface area contributed by atoms with E-state index >= 15 is 0 Å². The van der Waals surface area contributed by atoms with Crippen molar-refractivity contribution in [1.82, 2.24) is 15.0 Å². The molecule has 2 aliphatic rings. The van der Waals surface area contributed by atoms with Gasteiger partial charge in [-0.1, -0.05) is 41.6 Å². The van der Waals surface area contributed by atoms with E-state index < -0.39 is 6.10 Å². The number of anilines is 1. The quantitative estimate of drug-likeness (QED) is 0.522. The molecule has 0 bridgehead atoms. The van der Waals surface area contributed by atoms with Gasteiger partial charge in [0.1, 0.15) is 5.69 Å². The van der Waals surface area contributed by atoms with Crippen molar-refractivity contribution in [3.63, 3.8) is 0 Å².